The van der Waals surface area contributed by atoms with E-state index in [-0.39, 0.29) is 12.5 Å². The minimum atomic E-state index is -3.44. The Kier molecular flexibility index (Phi) is 7.42. The van der Waals surface area contributed by atoms with Gasteiger partial charge in [0, 0.05) is 52.8 Å². The van der Waals surface area contributed by atoms with Crippen molar-refractivity contribution in [1.82, 2.24) is 34.9 Å². The Bertz CT molecular complexity index is 2110. The third-order valence-electron chi connectivity index (χ3n) is 6.81. The number of pyridine rings is 3. The maximum absolute atomic E-state index is 14.6. The lowest BCUT2D eigenvalue weighted by Crippen LogP contribution is -2.21. The molecule has 0 aliphatic carbocycles. The van der Waals surface area contributed by atoms with E-state index in [9.17, 15) is 17.6 Å². The van der Waals surface area contributed by atoms with Crippen LogP contribution in [0.5, 0.6) is 0 Å². The molecule has 6 aromatic rings. The van der Waals surface area contributed by atoms with Crippen molar-refractivity contribution in [3.05, 3.63) is 78.6 Å². The van der Waals surface area contributed by atoms with Gasteiger partial charge in [-0.2, -0.15) is 5.10 Å². The second kappa shape index (κ2) is 11.3. The Balaban J connectivity index is 1.37. The molecule has 11 nitrogen and oxygen atoms in total. The number of aromatic nitrogens is 6. The Labute approximate surface area is 246 Å². The van der Waals surface area contributed by atoms with Crippen LogP contribution in [-0.2, 0) is 21.4 Å². The topological polar surface area (TPSA) is 158 Å². The number of anilines is 1. The molecule has 5 aromatic heterocycles. The number of nitrogens with zero attached hydrogens (tertiary/aromatic N) is 4. The summed E-state index contributed by atoms with van der Waals surface area (Å²) in [6.45, 7) is 1.90. The van der Waals surface area contributed by atoms with Crippen molar-refractivity contribution in [2.45, 2.75) is 26.3 Å². The van der Waals surface area contributed by atoms with Gasteiger partial charge in [0.25, 0.3) is 0 Å². The molecule has 0 spiro atoms. The van der Waals surface area contributed by atoms with Crippen LogP contribution in [0.25, 0.3) is 55.7 Å². The van der Waals surface area contributed by atoms with Crippen LogP contribution in [0.3, 0.4) is 0 Å². The van der Waals surface area contributed by atoms with E-state index >= 15 is 0 Å². The summed E-state index contributed by atoms with van der Waals surface area (Å²) in [6, 6.07) is 11.8. The first-order valence-corrected chi connectivity index (χ1v) is 15.4. The Morgan fingerprint density at radius 3 is 2.60 bits per heavy atom. The number of nitrogens with one attached hydrogen (secondary N) is 4. The zero-order valence-corrected chi connectivity index (χ0v) is 24.1. The number of carbonyl (C=O) groups excluding carboxylic acids is 1. The Hall–Kier alpha value is -5.01. The van der Waals surface area contributed by atoms with Gasteiger partial charge in [-0.1, -0.05) is 6.92 Å². The molecular weight excluding hydrogens is 571 g/mol. The lowest BCUT2D eigenvalue weighted by molar-refractivity contribution is -0.116. The predicted octanol–water partition coefficient (Wildman–Crippen LogP) is 5.16. The molecule has 0 unspecified atom stereocenters. The minimum Gasteiger partial charge on any atom is -0.353 e. The van der Waals surface area contributed by atoms with Crippen LogP contribution in [-0.4, -0.2) is 50.7 Å². The highest BCUT2D eigenvalue weighted by molar-refractivity contribution is 7.88. The van der Waals surface area contributed by atoms with E-state index in [0.717, 1.165) is 40.0 Å². The molecule has 0 saturated carbocycles. The molecule has 0 saturated heterocycles. The number of rotatable bonds is 9. The van der Waals surface area contributed by atoms with E-state index < -0.39 is 15.8 Å². The van der Waals surface area contributed by atoms with Crippen molar-refractivity contribution in [3.8, 4) is 33.9 Å². The van der Waals surface area contributed by atoms with E-state index in [1.54, 1.807) is 30.9 Å². The number of aromatic amines is 2. The summed E-state index contributed by atoms with van der Waals surface area (Å²) in [4.78, 5) is 28.8. The third kappa shape index (κ3) is 6.12. The standard InChI is InChI=1S/C30H27FN8O3S/c1-3-4-28(40)36-21-10-19(14-32-15-21)25-11-23-27(16-34-25)38-39-30(23)26-12-22-24(37-26)5-6-33-29(22)18-7-17(8-20(31)9-18)13-35-43(2,41)42/h5-12,14-16,35,37H,3-4,13H2,1-2H3,(H,36,40)(H,38,39). The van der Waals surface area contributed by atoms with Gasteiger partial charge in [0.1, 0.15) is 11.5 Å². The van der Waals surface area contributed by atoms with Gasteiger partial charge in [0.05, 0.1) is 46.9 Å². The van der Waals surface area contributed by atoms with Crippen molar-refractivity contribution in [1.29, 1.82) is 0 Å². The number of halogens is 1. The highest BCUT2D eigenvalue weighted by atomic mass is 32.2. The van der Waals surface area contributed by atoms with E-state index in [4.69, 9.17) is 0 Å². The molecule has 0 aliphatic heterocycles. The van der Waals surface area contributed by atoms with Gasteiger partial charge in [-0.3, -0.25) is 24.8 Å². The first kappa shape index (κ1) is 28.1. The summed E-state index contributed by atoms with van der Waals surface area (Å²) < 4.78 is 40.1. The Morgan fingerprint density at radius 1 is 0.953 bits per heavy atom. The summed E-state index contributed by atoms with van der Waals surface area (Å²) >= 11 is 0. The third-order valence-corrected chi connectivity index (χ3v) is 7.48. The molecule has 13 heteroatoms. The fraction of sp³-hybridized carbons (Fsp3) is 0.167. The van der Waals surface area contributed by atoms with Gasteiger partial charge >= 0.3 is 0 Å². The molecule has 1 aromatic carbocycles. The molecule has 1 amide bonds. The number of H-pyrrole nitrogens is 2. The second-order valence-electron chi connectivity index (χ2n) is 10.2. The van der Waals surface area contributed by atoms with E-state index in [1.807, 2.05) is 31.2 Å². The maximum atomic E-state index is 14.6. The van der Waals surface area contributed by atoms with Gasteiger partial charge in [-0.15, -0.1) is 0 Å². The molecule has 0 aliphatic rings. The molecule has 0 atom stereocenters. The fourth-order valence-electron chi connectivity index (χ4n) is 4.89. The van der Waals surface area contributed by atoms with Crippen LogP contribution in [0, 0.1) is 5.82 Å². The normalized spacial score (nSPS) is 11.8. The number of carbonyl (C=O) groups is 1. The van der Waals surface area contributed by atoms with Crippen LogP contribution in [0.1, 0.15) is 25.3 Å². The summed E-state index contributed by atoms with van der Waals surface area (Å²) in [5, 5.41) is 12.0. The monoisotopic (exact) mass is 598 g/mol. The predicted molar refractivity (Wildman–Crippen MR) is 163 cm³/mol. The van der Waals surface area contributed by atoms with Crippen LogP contribution in [0.4, 0.5) is 10.1 Å². The molecule has 4 N–H and O–H groups in total. The number of hydrogen-bond donors (Lipinski definition) is 4. The van der Waals surface area contributed by atoms with Gasteiger partial charge in [-0.25, -0.2) is 17.5 Å². The number of benzene rings is 1. The molecule has 6 rings (SSSR count). The fourth-order valence-corrected chi connectivity index (χ4v) is 5.32. The zero-order valence-electron chi connectivity index (χ0n) is 23.3. The quantitative estimate of drug-likeness (QED) is 0.179. The molecule has 0 bridgehead atoms. The highest BCUT2D eigenvalue weighted by Gasteiger charge is 2.17. The molecule has 0 fully saturated rings. The van der Waals surface area contributed by atoms with Crippen molar-refractivity contribution in [3.63, 3.8) is 0 Å². The average molecular weight is 599 g/mol. The van der Waals surface area contributed by atoms with Crippen molar-refractivity contribution < 1.29 is 17.6 Å². The lowest BCUT2D eigenvalue weighted by Gasteiger charge is -2.08. The summed E-state index contributed by atoms with van der Waals surface area (Å²) in [5.74, 6) is -0.575. The van der Waals surface area contributed by atoms with E-state index in [0.29, 0.717) is 46.0 Å². The van der Waals surface area contributed by atoms with Crippen LogP contribution >= 0.6 is 0 Å². The second-order valence-corrected chi connectivity index (χ2v) is 12.0. The van der Waals surface area contributed by atoms with Crippen molar-refractivity contribution >= 4 is 43.4 Å². The Morgan fingerprint density at radius 2 is 1.79 bits per heavy atom. The first-order valence-electron chi connectivity index (χ1n) is 13.5. The lowest BCUT2D eigenvalue weighted by atomic mass is 10.0. The largest absolute Gasteiger partial charge is 0.353 e. The van der Waals surface area contributed by atoms with E-state index in [2.05, 4.69) is 40.2 Å². The van der Waals surface area contributed by atoms with Gasteiger partial charge in [0.15, 0.2) is 0 Å². The summed E-state index contributed by atoms with van der Waals surface area (Å²) in [6.07, 6.45) is 8.82. The smallest absolute Gasteiger partial charge is 0.224 e. The molecule has 5 heterocycles. The van der Waals surface area contributed by atoms with Crippen molar-refractivity contribution in [2.75, 3.05) is 11.6 Å². The molecular formula is C30H27FN8O3S. The van der Waals surface area contributed by atoms with Gasteiger partial charge in [0.2, 0.25) is 15.9 Å². The number of amides is 1. The highest BCUT2D eigenvalue weighted by Crippen LogP contribution is 2.34. The molecule has 0 radical (unpaired) electrons. The van der Waals surface area contributed by atoms with E-state index in [1.165, 1.54) is 12.1 Å². The summed E-state index contributed by atoms with van der Waals surface area (Å²) in [7, 11) is -3.44. The first-order chi connectivity index (χ1) is 20.7. The van der Waals surface area contributed by atoms with Crippen LogP contribution in [0.2, 0.25) is 0 Å². The van der Waals surface area contributed by atoms with Crippen LogP contribution < -0.4 is 10.0 Å². The average Bonchev–Trinajstić information content (AvgIpc) is 3.59. The number of hydrogen-bond acceptors (Lipinski definition) is 7. The zero-order chi connectivity index (χ0) is 30.1. The van der Waals surface area contributed by atoms with Gasteiger partial charge < -0.3 is 10.3 Å². The maximum Gasteiger partial charge on any atom is 0.224 e. The van der Waals surface area contributed by atoms with Crippen molar-refractivity contribution in [2.24, 2.45) is 0 Å². The molecule has 218 valence electrons. The SMILES string of the molecule is CCCC(=O)Nc1cncc(-c2cc3c(-c4cc5c(-c6cc(F)cc(CNS(C)(=O)=O)c6)nccc5[nH]4)n[nH]c3cn2)c1. The van der Waals surface area contributed by atoms with Gasteiger partial charge in [-0.05, 0) is 54.4 Å². The number of sulfonamides is 1. The molecule has 43 heavy (non-hydrogen) atoms. The van der Waals surface area contributed by atoms with Crippen LogP contribution in [0.15, 0.2) is 67.3 Å². The summed E-state index contributed by atoms with van der Waals surface area (Å²) in [5.41, 5.74) is 6.36. The minimum absolute atomic E-state index is 0.0445. The number of fused-ring (bicyclic) bond motifs is 2.